The van der Waals surface area contributed by atoms with E-state index in [1.54, 1.807) is 6.26 Å². The molecule has 2 aromatic rings. The van der Waals surface area contributed by atoms with E-state index in [4.69, 9.17) is 13.6 Å². The predicted molar refractivity (Wildman–Crippen MR) is 73.4 cm³/mol. The SMILES string of the molecule is Cc1nnc([C@@H]2CC[C@@H]3[C@@H](CCN3Cc3ccco3)O2)o1. The van der Waals surface area contributed by atoms with Crippen molar-refractivity contribution in [1.29, 1.82) is 0 Å². The zero-order chi connectivity index (χ0) is 14.2. The Morgan fingerprint density at radius 3 is 3.00 bits per heavy atom. The summed E-state index contributed by atoms with van der Waals surface area (Å²) in [6.45, 7) is 3.72. The summed E-state index contributed by atoms with van der Waals surface area (Å²) in [5.41, 5.74) is 0. The van der Waals surface area contributed by atoms with Gasteiger partial charge in [0.25, 0.3) is 0 Å². The van der Waals surface area contributed by atoms with Gasteiger partial charge in [0.2, 0.25) is 11.8 Å². The quantitative estimate of drug-likeness (QED) is 0.865. The minimum Gasteiger partial charge on any atom is -0.468 e. The highest BCUT2D eigenvalue weighted by atomic mass is 16.5. The predicted octanol–water partition coefficient (Wildman–Crippen LogP) is 2.47. The van der Waals surface area contributed by atoms with Crippen molar-refractivity contribution in [3.8, 4) is 0 Å². The van der Waals surface area contributed by atoms with Crippen LogP contribution >= 0.6 is 0 Å². The van der Waals surface area contributed by atoms with Crippen LogP contribution in [0.5, 0.6) is 0 Å². The number of hydrogen-bond acceptors (Lipinski definition) is 6. The molecule has 0 aliphatic carbocycles. The van der Waals surface area contributed by atoms with E-state index in [2.05, 4.69) is 15.1 Å². The molecule has 0 aromatic carbocycles. The van der Waals surface area contributed by atoms with Crippen LogP contribution in [0.1, 0.15) is 42.9 Å². The van der Waals surface area contributed by atoms with Gasteiger partial charge in [0.1, 0.15) is 11.9 Å². The molecule has 21 heavy (non-hydrogen) atoms. The first kappa shape index (κ1) is 13.0. The van der Waals surface area contributed by atoms with Crippen LogP contribution in [-0.4, -0.2) is 33.8 Å². The fourth-order valence-electron chi connectivity index (χ4n) is 3.44. The Labute approximate surface area is 123 Å². The van der Waals surface area contributed by atoms with E-state index in [1.165, 1.54) is 0 Å². The van der Waals surface area contributed by atoms with Crippen molar-refractivity contribution in [1.82, 2.24) is 15.1 Å². The number of likely N-dealkylation sites (tertiary alicyclic amines) is 1. The molecule has 0 radical (unpaired) electrons. The van der Waals surface area contributed by atoms with Crippen molar-refractivity contribution >= 4 is 0 Å². The third-order valence-electron chi connectivity index (χ3n) is 4.42. The number of aromatic nitrogens is 2. The molecular weight excluding hydrogens is 270 g/mol. The third-order valence-corrected chi connectivity index (χ3v) is 4.42. The first-order chi connectivity index (χ1) is 10.3. The maximum absolute atomic E-state index is 6.19. The van der Waals surface area contributed by atoms with E-state index in [9.17, 15) is 0 Å². The lowest BCUT2D eigenvalue weighted by molar-refractivity contribution is -0.0822. The normalized spacial score (nSPS) is 29.7. The molecule has 0 amide bonds. The van der Waals surface area contributed by atoms with Crippen LogP contribution in [-0.2, 0) is 11.3 Å². The van der Waals surface area contributed by atoms with E-state index in [0.29, 0.717) is 17.8 Å². The van der Waals surface area contributed by atoms with Gasteiger partial charge >= 0.3 is 0 Å². The van der Waals surface area contributed by atoms with Crippen LogP contribution in [0.25, 0.3) is 0 Å². The Bertz CT molecular complexity index is 595. The van der Waals surface area contributed by atoms with Crippen molar-refractivity contribution in [2.75, 3.05) is 6.54 Å². The average molecular weight is 289 g/mol. The zero-order valence-corrected chi connectivity index (χ0v) is 12.1. The first-order valence-electron chi connectivity index (χ1n) is 7.51. The van der Waals surface area contributed by atoms with Gasteiger partial charge < -0.3 is 13.6 Å². The Morgan fingerprint density at radius 2 is 2.24 bits per heavy atom. The molecule has 2 saturated heterocycles. The van der Waals surface area contributed by atoms with E-state index >= 15 is 0 Å². The lowest BCUT2D eigenvalue weighted by Gasteiger charge is -2.34. The summed E-state index contributed by atoms with van der Waals surface area (Å²) in [5, 5.41) is 7.99. The Hall–Kier alpha value is -1.66. The van der Waals surface area contributed by atoms with Gasteiger partial charge in [-0.05, 0) is 31.4 Å². The van der Waals surface area contributed by atoms with E-state index in [1.807, 2.05) is 19.1 Å². The number of aryl methyl sites for hydroxylation is 1. The third kappa shape index (κ3) is 2.49. The molecule has 3 atom stereocenters. The molecule has 0 bridgehead atoms. The highest BCUT2D eigenvalue weighted by Gasteiger charge is 2.41. The minimum atomic E-state index is -0.0454. The van der Waals surface area contributed by atoms with Gasteiger partial charge in [-0.2, -0.15) is 0 Å². The molecule has 112 valence electrons. The highest BCUT2D eigenvalue weighted by molar-refractivity contribution is 5.02. The van der Waals surface area contributed by atoms with Crippen molar-refractivity contribution in [3.63, 3.8) is 0 Å². The molecule has 6 heteroatoms. The topological polar surface area (TPSA) is 64.5 Å². The fraction of sp³-hybridized carbons (Fsp3) is 0.600. The molecule has 2 aliphatic rings. The molecule has 0 unspecified atom stereocenters. The summed E-state index contributed by atoms with van der Waals surface area (Å²) in [6.07, 6.45) is 5.01. The van der Waals surface area contributed by atoms with Crippen molar-refractivity contribution in [2.24, 2.45) is 0 Å². The number of furan rings is 1. The number of rotatable bonds is 3. The second kappa shape index (κ2) is 5.27. The molecule has 4 rings (SSSR count). The Kier molecular flexibility index (Phi) is 3.27. The average Bonchev–Trinajstić information content (AvgIpc) is 3.21. The summed E-state index contributed by atoms with van der Waals surface area (Å²) in [7, 11) is 0. The Morgan fingerprint density at radius 1 is 1.29 bits per heavy atom. The van der Waals surface area contributed by atoms with Crippen LogP contribution in [0.3, 0.4) is 0 Å². The molecule has 0 N–H and O–H groups in total. The van der Waals surface area contributed by atoms with E-state index in [-0.39, 0.29) is 12.2 Å². The van der Waals surface area contributed by atoms with Crippen molar-refractivity contribution < 1.29 is 13.6 Å². The molecule has 2 aliphatic heterocycles. The maximum atomic E-state index is 6.19. The second-order valence-corrected chi connectivity index (χ2v) is 5.81. The van der Waals surface area contributed by atoms with E-state index < -0.39 is 0 Å². The molecular formula is C15H19N3O3. The monoisotopic (exact) mass is 289 g/mol. The first-order valence-corrected chi connectivity index (χ1v) is 7.51. The van der Waals surface area contributed by atoms with Gasteiger partial charge in [0.05, 0.1) is 18.9 Å². The summed E-state index contributed by atoms with van der Waals surface area (Å²) >= 11 is 0. The van der Waals surface area contributed by atoms with Gasteiger partial charge in [-0.3, -0.25) is 4.90 Å². The lowest BCUT2D eigenvalue weighted by Crippen LogP contribution is -2.40. The summed E-state index contributed by atoms with van der Waals surface area (Å²) < 4.78 is 17.2. The van der Waals surface area contributed by atoms with E-state index in [0.717, 1.165) is 38.1 Å². The molecule has 0 saturated carbocycles. The molecule has 6 nitrogen and oxygen atoms in total. The van der Waals surface area contributed by atoms with Gasteiger partial charge in [-0.1, -0.05) is 0 Å². The summed E-state index contributed by atoms with van der Waals surface area (Å²) in [4.78, 5) is 2.46. The number of nitrogens with zero attached hydrogens (tertiary/aromatic N) is 3. The summed E-state index contributed by atoms with van der Waals surface area (Å²) in [6, 6.07) is 4.44. The second-order valence-electron chi connectivity index (χ2n) is 5.81. The standard InChI is InChI=1S/C15H19N3O3/c1-10-16-17-15(20-10)14-5-4-12-13(21-14)6-7-18(12)9-11-3-2-8-19-11/h2-3,8,12-14H,4-7,9H2,1H3/t12-,13-,14+/m1/s1. The van der Waals surface area contributed by atoms with Crippen LogP contribution in [0.4, 0.5) is 0 Å². The number of ether oxygens (including phenoxy) is 1. The van der Waals surface area contributed by atoms with Crippen LogP contribution in [0.15, 0.2) is 27.2 Å². The molecule has 4 heterocycles. The van der Waals surface area contributed by atoms with Crippen LogP contribution in [0.2, 0.25) is 0 Å². The van der Waals surface area contributed by atoms with Gasteiger partial charge in [0, 0.05) is 19.5 Å². The number of fused-ring (bicyclic) bond motifs is 1. The molecule has 2 fully saturated rings. The minimum absolute atomic E-state index is 0.0454. The largest absolute Gasteiger partial charge is 0.468 e. The lowest BCUT2D eigenvalue weighted by atomic mass is 9.99. The van der Waals surface area contributed by atoms with Crippen LogP contribution in [0, 0.1) is 6.92 Å². The fourth-order valence-corrected chi connectivity index (χ4v) is 3.44. The highest BCUT2D eigenvalue weighted by Crippen LogP contribution is 2.38. The van der Waals surface area contributed by atoms with Crippen molar-refractivity contribution in [3.05, 3.63) is 35.9 Å². The van der Waals surface area contributed by atoms with Crippen molar-refractivity contribution in [2.45, 2.75) is 51.0 Å². The smallest absolute Gasteiger partial charge is 0.245 e. The zero-order valence-electron chi connectivity index (χ0n) is 12.1. The Balaban J connectivity index is 1.42. The maximum Gasteiger partial charge on any atom is 0.245 e. The van der Waals surface area contributed by atoms with Gasteiger partial charge in [0.15, 0.2) is 0 Å². The summed E-state index contributed by atoms with van der Waals surface area (Å²) in [5.74, 6) is 2.24. The molecule has 0 spiro atoms. The van der Waals surface area contributed by atoms with Crippen LogP contribution < -0.4 is 0 Å². The molecule has 2 aromatic heterocycles. The van der Waals surface area contributed by atoms with Gasteiger partial charge in [-0.15, -0.1) is 10.2 Å². The number of hydrogen-bond donors (Lipinski definition) is 0. The van der Waals surface area contributed by atoms with Gasteiger partial charge in [-0.25, -0.2) is 0 Å².